The highest BCUT2D eigenvalue weighted by Crippen LogP contribution is 2.41. The van der Waals surface area contributed by atoms with Crippen LogP contribution in [0.5, 0.6) is 0 Å². The molecule has 0 atom stereocenters. The Labute approximate surface area is 312 Å². The molecule has 0 aliphatic carbocycles. The molecule has 0 saturated heterocycles. The molecule has 0 unspecified atom stereocenters. The van der Waals surface area contributed by atoms with Gasteiger partial charge in [-0.05, 0) is 161 Å². The molecule has 4 nitrogen and oxygen atoms in total. The van der Waals surface area contributed by atoms with Crippen molar-refractivity contribution in [1.29, 1.82) is 0 Å². The van der Waals surface area contributed by atoms with Crippen LogP contribution in [0.1, 0.15) is 78.4 Å². The Balaban J connectivity index is 1.62. The van der Waals surface area contributed by atoms with Crippen LogP contribution in [0.2, 0.25) is 0 Å². The molecule has 8 bridgehead atoms. The van der Waals surface area contributed by atoms with E-state index in [1.165, 1.54) is 66.8 Å². The third-order valence-electron chi connectivity index (χ3n) is 10.7. The molecule has 8 rings (SSSR count). The van der Waals surface area contributed by atoms with Crippen LogP contribution in [0.15, 0.2) is 60.7 Å². The molecule has 0 saturated carbocycles. The van der Waals surface area contributed by atoms with Crippen molar-refractivity contribution in [3.63, 3.8) is 0 Å². The van der Waals surface area contributed by atoms with Gasteiger partial charge in [0.05, 0.1) is 33.9 Å². The van der Waals surface area contributed by atoms with Gasteiger partial charge in [-0.3, -0.25) is 0 Å². The normalized spacial score (nSPS) is 12.1. The van der Waals surface area contributed by atoms with Crippen molar-refractivity contribution in [1.82, 2.24) is 19.9 Å². The topological polar surface area (TPSA) is 57.4 Å². The molecule has 2 N–H and O–H groups in total. The number of hydrogen-bond donors (Lipinski definition) is 2. The molecule has 3 aromatic carbocycles. The number of benzene rings is 3. The summed E-state index contributed by atoms with van der Waals surface area (Å²) in [5, 5.41) is 0. The van der Waals surface area contributed by atoms with Crippen molar-refractivity contribution in [2.45, 2.75) is 62.3 Å². The zero-order chi connectivity index (χ0) is 37.3. The van der Waals surface area contributed by atoms with E-state index in [1.54, 1.807) is 0 Å². The lowest BCUT2D eigenvalue weighted by atomic mass is 9.92. The molecule has 0 spiro atoms. The smallest absolute Gasteiger partial charge is 0.0815 e. The summed E-state index contributed by atoms with van der Waals surface area (Å²) in [6, 6.07) is 22.1. The quantitative estimate of drug-likeness (QED) is 0.182. The summed E-state index contributed by atoms with van der Waals surface area (Å²) in [6.45, 7) is 19.6. The number of aromatic amines is 2. The molecular formula is C49H44N4. The van der Waals surface area contributed by atoms with Gasteiger partial charge in [0.1, 0.15) is 0 Å². The van der Waals surface area contributed by atoms with E-state index in [9.17, 15) is 0 Å². The summed E-state index contributed by atoms with van der Waals surface area (Å²) >= 11 is 0. The molecule has 53 heavy (non-hydrogen) atoms. The zero-order valence-corrected chi connectivity index (χ0v) is 32.1. The number of terminal acetylenes is 1. The van der Waals surface area contributed by atoms with Crippen LogP contribution in [-0.4, -0.2) is 19.9 Å². The van der Waals surface area contributed by atoms with E-state index in [-0.39, 0.29) is 0 Å². The van der Waals surface area contributed by atoms with E-state index in [0.717, 1.165) is 61.5 Å². The SMILES string of the molecule is C#Cc1c2nc(c(-c3c(C)cc(C)cc3C)c3ccc([nH]3)c(-c3c(C)cc(C)cc3C)c3nc(c(-c4c(C)cc(C)cc4C)c4ccc1[nH]4)C=C3)C=C2. The molecule has 0 radical (unpaired) electrons. The van der Waals surface area contributed by atoms with Gasteiger partial charge < -0.3 is 9.97 Å². The maximum absolute atomic E-state index is 6.30. The first kappa shape index (κ1) is 33.9. The largest absolute Gasteiger partial charge is 0.354 e. The van der Waals surface area contributed by atoms with Crippen LogP contribution in [0.3, 0.4) is 0 Å². The van der Waals surface area contributed by atoms with Gasteiger partial charge in [0, 0.05) is 33.2 Å². The molecule has 2 aliphatic rings. The average Bonchev–Trinajstić information content (AvgIpc) is 3.91. The van der Waals surface area contributed by atoms with Gasteiger partial charge in [-0.15, -0.1) is 6.42 Å². The lowest BCUT2D eigenvalue weighted by Crippen LogP contribution is -1.96. The van der Waals surface area contributed by atoms with E-state index in [1.807, 2.05) is 6.08 Å². The van der Waals surface area contributed by atoms with Crippen molar-refractivity contribution in [2.24, 2.45) is 0 Å². The van der Waals surface area contributed by atoms with Crippen LogP contribution in [0.25, 0.3) is 79.8 Å². The highest BCUT2D eigenvalue weighted by Gasteiger charge is 2.22. The third kappa shape index (κ3) is 5.74. The summed E-state index contributed by atoms with van der Waals surface area (Å²) in [5.41, 5.74) is 25.5. The minimum Gasteiger partial charge on any atom is -0.354 e. The van der Waals surface area contributed by atoms with Crippen molar-refractivity contribution < 1.29 is 0 Å². The van der Waals surface area contributed by atoms with Gasteiger partial charge in [0.15, 0.2) is 0 Å². The minimum absolute atomic E-state index is 0.715. The number of hydrogen-bond acceptors (Lipinski definition) is 2. The summed E-state index contributed by atoms with van der Waals surface area (Å²) in [5.74, 6) is 2.98. The molecule has 3 aromatic heterocycles. The molecule has 4 heteroatoms. The number of H-pyrrole nitrogens is 2. The van der Waals surface area contributed by atoms with Gasteiger partial charge in [-0.25, -0.2) is 9.97 Å². The lowest BCUT2D eigenvalue weighted by Gasteiger charge is -2.14. The second kappa shape index (κ2) is 12.8. The first-order chi connectivity index (χ1) is 25.4. The van der Waals surface area contributed by atoms with Gasteiger partial charge in [-0.2, -0.15) is 0 Å². The van der Waals surface area contributed by atoms with Gasteiger partial charge in [0.25, 0.3) is 0 Å². The summed E-state index contributed by atoms with van der Waals surface area (Å²) in [4.78, 5) is 18.4. The molecular weight excluding hydrogens is 645 g/mol. The fraction of sp³-hybridized carbons (Fsp3) is 0.184. The molecule has 0 amide bonds. The number of aryl methyl sites for hydroxylation is 9. The van der Waals surface area contributed by atoms with E-state index in [2.05, 4.69) is 157 Å². The highest BCUT2D eigenvalue weighted by molar-refractivity contribution is 6.00. The molecule has 2 aliphatic heterocycles. The Kier molecular flexibility index (Phi) is 8.19. The lowest BCUT2D eigenvalue weighted by molar-refractivity contribution is 1.27. The van der Waals surface area contributed by atoms with Gasteiger partial charge >= 0.3 is 0 Å². The molecule has 5 heterocycles. The maximum Gasteiger partial charge on any atom is 0.0815 e. The summed E-state index contributed by atoms with van der Waals surface area (Å²) in [7, 11) is 0. The fourth-order valence-electron chi connectivity index (χ4n) is 8.87. The number of nitrogens with one attached hydrogen (secondary N) is 2. The van der Waals surface area contributed by atoms with Crippen molar-refractivity contribution in [2.75, 3.05) is 0 Å². The molecule has 6 aromatic rings. The van der Waals surface area contributed by atoms with E-state index < -0.39 is 0 Å². The predicted octanol–water partition coefficient (Wildman–Crippen LogP) is 12.4. The Morgan fingerprint density at radius 2 is 0.679 bits per heavy atom. The van der Waals surface area contributed by atoms with Crippen LogP contribution in [-0.2, 0) is 0 Å². The summed E-state index contributed by atoms with van der Waals surface area (Å²) < 4.78 is 0. The Hall–Kier alpha value is -6.18. The van der Waals surface area contributed by atoms with Crippen LogP contribution >= 0.6 is 0 Å². The number of aromatic nitrogens is 4. The summed E-state index contributed by atoms with van der Waals surface area (Å²) in [6.07, 6.45) is 14.8. The first-order valence-corrected chi connectivity index (χ1v) is 18.3. The zero-order valence-electron chi connectivity index (χ0n) is 32.1. The second-order valence-electron chi connectivity index (χ2n) is 15.0. The average molecular weight is 689 g/mol. The molecule has 0 fully saturated rings. The molecule has 260 valence electrons. The van der Waals surface area contributed by atoms with Gasteiger partial charge in [-0.1, -0.05) is 59.0 Å². The predicted molar refractivity (Wildman–Crippen MR) is 226 cm³/mol. The Morgan fingerprint density at radius 1 is 0.396 bits per heavy atom. The van der Waals surface area contributed by atoms with Crippen LogP contribution in [0.4, 0.5) is 0 Å². The number of fused-ring (bicyclic) bond motifs is 8. The monoisotopic (exact) mass is 688 g/mol. The maximum atomic E-state index is 6.30. The van der Waals surface area contributed by atoms with Gasteiger partial charge in [0.2, 0.25) is 0 Å². The van der Waals surface area contributed by atoms with Crippen molar-refractivity contribution in [3.05, 3.63) is 139 Å². The van der Waals surface area contributed by atoms with E-state index >= 15 is 0 Å². The van der Waals surface area contributed by atoms with Crippen LogP contribution < -0.4 is 0 Å². The second-order valence-corrected chi connectivity index (χ2v) is 15.0. The number of nitrogens with zero attached hydrogens (tertiary/aromatic N) is 2. The number of rotatable bonds is 3. The van der Waals surface area contributed by atoms with Crippen molar-refractivity contribution in [3.8, 4) is 45.7 Å². The van der Waals surface area contributed by atoms with Crippen molar-refractivity contribution >= 4 is 46.4 Å². The van der Waals surface area contributed by atoms with E-state index in [4.69, 9.17) is 16.4 Å². The third-order valence-corrected chi connectivity index (χ3v) is 10.7. The minimum atomic E-state index is 0.715. The Bertz CT molecular complexity index is 2700. The first-order valence-electron chi connectivity index (χ1n) is 18.3. The van der Waals surface area contributed by atoms with Crippen LogP contribution in [0, 0.1) is 74.7 Å². The fourth-order valence-corrected chi connectivity index (χ4v) is 8.87. The van der Waals surface area contributed by atoms with E-state index in [0.29, 0.717) is 5.56 Å². The highest BCUT2D eigenvalue weighted by atomic mass is 14.8. The standard InChI is InChI=1S/C49H44N4/c1-11-35-36-12-14-38(50-36)47(44-29(5)20-26(2)21-30(44)6)40-16-18-42(52-40)49(46-33(9)24-28(4)25-34(46)10)43-19-17-41(53-43)48(39-15-13-37(35)51-39)45-31(7)22-27(3)23-32(45)8/h1,12-25,50,53H,2-10H3. The Morgan fingerprint density at radius 3 is 1.02 bits per heavy atom.